The zero-order chi connectivity index (χ0) is 12.0. The number of hydrogen-bond acceptors (Lipinski definition) is 3. The molecule has 3 nitrogen and oxygen atoms in total. The first-order valence-corrected chi connectivity index (χ1v) is 6.65. The van der Waals surface area contributed by atoms with Crippen LogP contribution in [0.5, 0.6) is 0 Å². The Morgan fingerprint density at radius 2 is 2.06 bits per heavy atom. The molecule has 0 aliphatic heterocycles. The maximum absolute atomic E-state index is 11.7. The number of benzene rings is 1. The van der Waals surface area contributed by atoms with E-state index in [2.05, 4.69) is 5.32 Å². The predicted octanol–water partition coefficient (Wildman–Crippen LogP) is 2.01. The zero-order valence-electron chi connectivity index (χ0n) is 9.69. The van der Waals surface area contributed by atoms with Crippen molar-refractivity contribution >= 4 is 23.4 Å². The van der Waals surface area contributed by atoms with Crippen molar-refractivity contribution in [1.29, 1.82) is 0 Å². The Labute approximate surface area is 101 Å². The summed E-state index contributed by atoms with van der Waals surface area (Å²) in [6, 6.07) is 7.27. The van der Waals surface area contributed by atoms with Gasteiger partial charge in [-0.3, -0.25) is 4.79 Å². The van der Waals surface area contributed by atoms with E-state index in [1.54, 1.807) is 11.8 Å². The Morgan fingerprint density at radius 3 is 2.62 bits per heavy atom. The van der Waals surface area contributed by atoms with Crippen LogP contribution < -0.4 is 11.1 Å². The molecule has 0 unspecified atom stereocenters. The number of amides is 1. The van der Waals surface area contributed by atoms with Crippen LogP contribution in [0.3, 0.4) is 0 Å². The van der Waals surface area contributed by atoms with Crippen LogP contribution in [0, 0.1) is 6.92 Å². The molecule has 0 heterocycles. The van der Waals surface area contributed by atoms with Gasteiger partial charge in [-0.1, -0.05) is 17.7 Å². The molecule has 1 rings (SSSR count). The van der Waals surface area contributed by atoms with Gasteiger partial charge >= 0.3 is 0 Å². The first kappa shape index (κ1) is 13.1. The Morgan fingerprint density at radius 1 is 1.44 bits per heavy atom. The molecule has 4 heteroatoms. The van der Waals surface area contributed by atoms with Gasteiger partial charge in [0.2, 0.25) is 5.91 Å². The van der Waals surface area contributed by atoms with E-state index in [-0.39, 0.29) is 5.91 Å². The van der Waals surface area contributed by atoms with Gasteiger partial charge in [0.25, 0.3) is 0 Å². The van der Waals surface area contributed by atoms with E-state index in [1.807, 2.05) is 37.4 Å². The highest BCUT2D eigenvalue weighted by molar-refractivity contribution is 7.98. The van der Waals surface area contributed by atoms with Crippen molar-refractivity contribution in [3.63, 3.8) is 0 Å². The third kappa shape index (κ3) is 4.24. The van der Waals surface area contributed by atoms with Crippen LogP contribution in [0.1, 0.15) is 12.0 Å². The number of carbonyl (C=O) groups excluding carboxylic acids is 1. The van der Waals surface area contributed by atoms with Crippen molar-refractivity contribution in [2.45, 2.75) is 19.4 Å². The van der Waals surface area contributed by atoms with E-state index in [0.717, 1.165) is 11.4 Å². The summed E-state index contributed by atoms with van der Waals surface area (Å²) < 4.78 is 0. The number of nitrogens with two attached hydrogens (primary N) is 1. The van der Waals surface area contributed by atoms with Crippen LogP contribution in [0.2, 0.25) is 0 Å². The predicted molar refractivity (Wildman–Crippen MR) is 70.8 cm³/mol. The average molecular weight is 238 g/mol. The lowest BCUT2D eigenvalue weighted by Crippen LogP contribution is -2.36. The van der Waals surface area contributed by atoms with Crippen molar-refractivity contribution in [2.75, 3.05) is 17.3 Å². The van der Waals surface area contributed by atoms with E-state index in [0.29, 0.717) is 6.42 Å². The number of carbonyl (C=O) groups is 1. The number of rotatable bonds is 5. The van der Waals surface area contributed by atoms with Crippen molar-refractivity contribution in [2.24, 2.45) is 5.73 Å². The second kappa shape index (κ2) is 6.55. The first-order valence-electron chi connectivity index (χ1n) is 5.25. The number of hydrogen-bond donors (Lipinski definition) is 2. The summed E-state index contributed by atoms with van der Waals surface area (Å²) in [7, 11) is 0. The number of thioether (sulfide) groups is 1. The van der Waals surface area contributed by atoms with Crippen LogP contribution in [0.25, 0.3) is 0 Å². The molecule has 1 aromatic carbocycles. The topological polar surface area (TPSA) is 55.1 Å². The van der Waals surface area contributed by atoms with Crippen LogP contribution in [-0.4, -0.2) is 24.0 Å². The van der Waals surface area contributed by atoms with E-state index in [1.165, 1.54) is 5.56 Å². The quantitative estimate of drug-likeness (QED) is 0.825. The highest BCUT2D eigenvalue weighted by atomic mass is 32.2. The minimum Gasteiger partial charge on any atom is -0.325 e. The van der Waals surface area contributed by atoms with Crippen LogP contribution in [0.4, 0.5) is 5.69 Å². The zero-order valence-corrected chi connectivity index (χ0v) is 10.5. The summed E-state index contributed by atoms with van der Waals surface area (Å²) in [5.41, 5.74) is 7.73. The molecular weight excluding hydrogens is 220 g/mol. The number of anilines is 1. The smallest absolute Gasteiger partial charge is 0.241 e. The fourth-order valence-corrected chi connectivity index (χ4v) is 1.74. The van der Waals surface area contributed by atoms with Gasteiger partial charge in [0.1, 0.15) is 0 Å². The second-order valence-electron chi connectivity index (χ2n) is 3.74. The summed E-state index contributed by atoms with van der Waals surface area (Å²) in [6.07, 6.45) is 2.71. The lowest BCUT2D eigenvalue weighted by atomic mass is 10.2. The molecule has 0 aromatic heterocycles. The third-order valence-electron chi connectivity index (χ3n) is 2.29. The van der Waals surface area contributed by atoms with E-state index in [4.69, 9.17) is 5.73 Å². The summed E-state index contributed by atoms with van der Waals surface area (Å²) in [6.45, 7) is 2.01. The van der Waals surface area contributed by atoms with Gasteiger partial charge in [-0.25, -0.2) is 0 Å². The second-order valence-corrected chi connectivity index (χ2v) is 4.73. The highest BCUT2D eigenvalue weighted by Gasteiger charge is 2.12. The SMILES string of the molecule is CSCC[C@@H](N)C(=O)Nc1ccc(C)cc1. The molecule has 1 atom stereocenters. The molecule has 0 saturated carbocycles. The molecule has 16 heavy (non-hydrogen) atoms. The number of nitrogens with one attached hydrogen (secondary N) is 1. The lowest BCUT2D eigenvalue weighted by Gasteiger charge is -2.11. The maximum atomic E-state index is 11.7. The molecular formula is C12H18N2OS. The van der Waals surface area contributed by atoms with E-state index < -0.39 is 6.04 Å². The van der Waals surface area contributed by atoms with Crippen molar-refractivity contribution in [3.8, 4) is 0 Å². The Balaban J connectivity index is 2.47. The molecule has 1 aromatic rings. The maximum Gasteiger partial charge on any atom is 0.241 e. The molecule has 1 amide bonds. The summed E-state index contributed by atoms with van der Waals surface area (Å²) in [4.78, 5) is 11.7. The van der Waals surface area contributed by atoms with Crippen LogP contribution in [0.15, 0.2) is 24.3 Å². The summed E-state index contributed by atoms with van der Waals surface area (Å²) in [5, 5.41) is 2.80. The number of aryl methyl sites for hydroxylation is 1. The third-order valence-corrected chi connectivity index (χ3v) is 2.93. The minimum absolute atomic E-state index is 0.113. The van der Waals surface area contributed by atoms with Crippen molar-refractivity contribution in [1.82, 2.24) is 0 Å². The molecule has 0 bridgehead atoms. The van der Waals surface area contributed by atoms with E-state index >= 15 is 0 Å². The largest absolute Gasteiger partial charge is 0.325 e. The van der Waals surface area contributed by atoms with Crippen molar-refractivity contribution in [3.05, 3.63) is 29.8 Å². The Kier molecular flexibility index (Phi) is 5.35. The highest BCUT2D eigenvalue weighted by Crippen LogP contribution is 2.09. The summed E-state index contributed by atoms with van der Waals surface area (Å²) >= 11 is 1.70. The normalized spacial score (nSPS) is 12.2. The Bertz CT molecular complexity index is 337. The fourth-order valence-electron chi connectivity index (χ4n) is 1.25. The van der Waals surface area contributed by atoms with Gasteiger partial charge in [0.15, 0.2) is 0 Å². The van der Waals surface area contributed by atoms with Gasteiger partial charge in [0, 0.05) is 5.69 Å². The van der Waals surface area contributed by atoms with Crippen LogP contribution in [-0.2, 0) is 4.79 Å². The molecule has 0 radical (unpaired) electrons. The molecule has 0 fully saturated rings. The summed E-state index contributed by atoms with van der Waals surface area (Å²) in [5.74, 6) is 0.792. The van der Waals surface area contributed by atoms with Crippen molar-refractivity contribution < 1.29 is 4.79 Å². The lowest BCUT2D eigenvalue weighted by molar-refractivity contribution is -0.117. The Hall–Kier alpha value is -1.00. The molecule has 0 aliphatic carbocycles. The fraction of sp³-hybridized carbons (Fsp3) is 0.417. The molecule has 3 N–H and O–H groups in total. The molecule has 0 aliphatic rings. The van der Waals surface area contributed by atoms with Gasteiger partial charge in [0.05, 0.1) is 6.04 Å². The first-order chi connectivity index (χ1) is 7.63. The van der Waals surface area contributed by atoms with Gasteiger partial charge in [-0.15, -0.1) is 0 Å². The molecule has 0 saturated heterocycles. The van der Waals surface area contributed by atoms with Crippen LogP contribution >= 0.6 is 11.8 Å². The van der Waals surface area contributed by atoms with E-state index in [9.17, 15) is 4.79 Å². The van der Waals surface area contributed by atoms with Gasteiger partial charge in [-0.2, -0.15) is 11.8 Å². The van der Waals surface area contributed by atoms with Gasteiger partial charge in [-0.05, 0) is 37.5 Å². The minimum atomic E-state index is -0.422. The average Bonchev–Trinajstić information content (AvgIpc) is 2.29. The molecule has 88 valence electrons. The van der Waals surface area contributed by atoms with Gasteiger partial charge < -0.3 is 11.1 Å². The standard InChI is InChI=1S/C12H18N2OS/c1-9-3-5-10(6-4-9)14-12(15)11(13)7-8-16-2/h3-6,11H,7-8,13H2,1-2H3,(H,14,15)/t11-/m1/s1. The molecule has 0 spiro atoms. The monoisotopic (exact) mass is 238 g/mol.